The summed E-state index contributed by atoms with van der Waals surface area (Å²) < 4.78 is 10.6. The van der Waals surface area contributed by atoms with Crippen LogP contribution >= 0.6 is 0 Å². The molecule has 0 spiro atoms. The van der Waals surface area contributed by atoms with Crippen molar-refractivity contribution in [1.82, 2.24) is 15.5 Å². The molecule has 0 aliphatic carbocycles. The molecule has 0 saturated carbocycles. The average molecular weight is 519 g/mol. The minimum atomic E-state index is -0.949. The number of primary amides is 1. The Morgan fingerprint density at radius 3 is 2.35 bits per heavy atom. The maximum atomic E-state index is 13.1. The molecule has 3 amide bonds. The predicted octanol–water partition coefficient (Wildman–Crippen LogP) is -0.258. The van der Waals surface area contributed by atoms with Crippen molar-refractivity contribution in [2.45, 2.75) is 51.4 Å². The standard InChI is InChI=1S/C26H38N4O7/c1-16(2)13-20(21(32)15-18(24(27)33)14-17-3-5-19(31)6-4-17)29-26(35)23-22(37-23)25(34)28-7-8-30-9-11-36-12-10-30/h3-6,16,18,20,22-23,31H,7-15H2,1-2H3,(H2,27,33)(H,28,34)(H,29,35)/t18-,20+,22?,23?/m1/s1. The van der Waals surface area contributed by atoms with E-state index in [1.54, 1.807) is 12.1 Å². The van der Waals surface area contributed by atoms with Gasteiger partial charge in [0.05, 0.1) is 19.3 Å². The predicted molar refractivity (Wildman–Crippen MR) is 134 cm³/mol. The number of nitrogens with one attached hydrogen (secondary N) is 2. The van der Waals surface area contributed by atoms with E-state index in [0.717, 1.165) is 18.7 Å². The molecule has 2 fully saturated rings. The van der Waals surface area contributed by atoms with E-state index in [9.17, 15) is 24.3 Å². The van der Waals surface area contributed by atoms with Gasteiger partial charge in [0, 0.05) is 38.5 Å². The van der Waals surface area contributed by atoms with Crippen LogP contribution in [0.25, 0.3) is 0 Å². The number of carbonyl (C=O) groups is 4. The highest BCUT2D eigenvalue weighted by Crippen LogP contribution is 2.24. The van der Waals surface area contributed by atoms with E-state index in [1.807, 2.05) is 13.8 Å². The zero-order valence-electron chi connectivity index (χ0n) is 21.5. The van der Waals surface area contributed by atoms with Crippen LogP contribution in [0.5, 0.6) is 5.75 Å². The molecule has 0 bridgehead atoms. The second-order valence-corrected chi connectivity index (χ2v) is 10.1. The van der Waals surface area contributed by atoms with Crippen LogP contribution in [0, 0.1) is 11.8 Å². The van der Waals surface area contributed by atoms with Crippen LogP contribution < -0.4 is 16.4 Å². The van der Waals surface area contributed by atoms with Gasteiger partial charge in [-0.2, -0.15) is 0 Å². The number of ether oxygens (including phenoxy) is 2. The molecule has 11 heteroatoms. The Hall–Kier alpha value is -3.02. The van der Waals surface area contributed by atoms with Gasteiger partial charge >= 0.3 is 0 Å². The fraction of sp³-hybridized carbons (Fsp3) is 0.615. The van der Waals surface area contributed by atoms with Gasteiger partial charge in [-0.1, -0.05) is 26.0 Å². The molecule has 2 unspecified atom stereocenters. The first-order valence-corrected chi connectivity index (χ1v) is 12.8. The molecule has 5 N–H and O–H groups in total. The summed E-state index contributed by atoms with van der Waals surface area (Å²) in [5.41, 5.74) is 6.32. The lowest BCUT2D eigenvalue weighted by Gasteiger charge is -2.26. The summed E-state index contributed by atoms with van der Waals surface area (Å²) in [4.78, 5) is 52.5. The number of hydrogen-bond acceptors (Lipinski definition) is 8. The number of phenols is 1. The lowest BCUT2D eigenvalue weighted by Crippen LogP contribution is -2.46. The highest BCUT2D eigenvalue weighted by Gasteiger charge is 2.50. The van der Waals surface area contributed by atoms with Crippen LogP contribution in [-0.4, -0.2) is 91.2 Å². The summed E-state index contributed by atoms with van der Waals surface area (Å²) in [6.45, 7) is 7.96. The van der Waals surface area contributed by atoms with E-state index in [1.165, 1.54) is 12.1 Å². The first-order chi connectivity index (χ1) is 17.6. The normalized spacial score (nSPS) is 21.2. The van der Waals surface area contributed by atoms with Gasteiger partial charge in [-0.05, 0) is 36.5 Å². The second kappa shape index (κ2) is 13.5. The lowest BCUT2D eigenvalue weighted by molar-refractivity contribution is -0.131. The molecule has 4 atom stereocenters. The first kappa shape index (κ1) is 28.5. The average Bonchev–Trinajstić information content (AvgIpc) is 3.66. The third-order valence-electron chi connectivity index (χ3n) is 6.52. The second-order valence-electron chi connectivity index (χ2n) is 10.1. The van der Waals surface area contributed by atoms with Gasteiger partial charge < -0.3 is 30.9 Å². The topological polar surface area (TPSA) is 164 Å². The van der Waals surface area contributed by atoms with Gasteiger partial charge in [0.1, 0.15) is 5.75 Å². The number of amides is 3. The lowest BCUT2D eigenvalue weighted by atomic mass is 9.89. The van der Waals surface area contributed by atoms with Crippen LogP contribution in [0.3, 0.4) is 0 Å². The van der Waals surface area contributed by atoms with Gasteiger partial charge in [0.15, 0.2) is 18.0 Å². The van der Waals surface area contributed by atoms with Gasteiger partial charge in [-0.3, -0.25) is 24.1 Å². The number of nitrogens with two attached hydrogens (primary N) is 1. The van der Waals surface area contributed by atoms with E-state index in [-0.39, 0.29) is 36.2 Å². The molecule has 37 heavy (non-hydrogen) atoms. The monoisotopic (exact) mass is 518 g/mol. The van der Waals surface area contributed by atoms with Gasteiger partial charge in [-0.25, -0.2) is 0 Å². The third-order valence-corrected chi connectivity index (χ3v) is 6.52. The molecular weight excluding hydrogens is 480 g/mol. The first-order valence-electron chi connectivity index (χ1n) is 12.8. The number of ketones is 1. The Morgan fingerprint density at radius 1 is 1.08 bits per heavy atom. The van der Waals surface area contributed by atoms with Gasteiger partial charge in [0.25, 0.3) is 11.8 Å². The molecule has 1 aromatic rings. The molecule has 2 aliphatic rings. The van der Waals surface area contributed by atoms with Crippen LogP contribution in [-0.2, 0) is 35.1 Å². The number of phenolic OH excluding ortho intramolecular Hbond substituents is 1. The fourth-order valence-electron chi connectivity index (χ4n) is 4.34. The molecule has 2 saturated heterocycles. The number of Topliss-reactive ketones (excluding diaryl/α,β-unsaturated/α-hetero) is 1. The maximum absolute atomic E-state index is 13.1. The number of morpholine rings is 1. The minimum Gasteiger partial charge on any atom is -0.508 e. The Kier molecular flexibility index (Phi) is 10.4. The number of hydrogen-bond donors (Lipinski definition) is 4. The summed E-state index contributed by atoms with van der Waals surface area (Å²) in [6.07, 6.45) is -1.35. The molecule has 0 radical (unpaired) electrons. The van der Waals surface area contributed by atoms with E-state index < -0.39 is 36.0 Å². The Morgan fingerprint density at radius 2 is 1.73 bits per heavy atom. The fourth-order valence-corrected chi connectivity index (χ4v) is 4.34. The van der Waals surface area contributed by atoms with Crippen LogP contribution in [0.15, 0.2) is 24.3 Å². The van der Waals surface area contributed by atoms with Crippen LogP contribution in [0.1, 0.15) is 32.3 Å². The zero-order valence-corrected chi connectivity index (χ0v) is 21.5. The Balaban J connectivity index is 1.50. The third kappa shape index (κ3) is 9.10. The summed E-state index contributed by atoms with van der Waals surface area (Å²) in [5, 5.41) is 15.0. The molecule has 1 aromatic carbocycles. The van der Waals surface area contributed by atoms with Crippen molar-refractivity contribution >= 4 is 23.5 Å². The van der Waals surface area contributed by atoms with Crippen molar-refractivity contribution in [1.29, 1.82) is 0 Å². The van der Waals surface area contributed by atoms with Crippen molar-refractivity contribution < 1.29 is 33.8 Å². The van der Waals surface area contributed by atoms with Crippen molar-refractivity contribution in [3.63, 3.8) is 0 Å². The van der Waals surface area contributed by atoms with E-state index >= 15 is 0 Å². The van der Waals surface area contributed by atoms with E-state index in [4.69, 9.17) is 15.2 Å². The van der Waals surface area contributed by atoms with Gasteiger partial charge in [0.2, 0.25) is 5.91 Å². The number of epoxide rings is 1. The summed E-state index contributed by atoms with van der Waals surface area (Å²) in [6, 6.07) is 5.51. The van der Waals surface area contributed by atoms with E-state index in [2.05, 4.69) is 15.5 Å². The number of rotatable bonds is 14. The van der Waals surface area contributed by atoms with Crippen molar-refractivity contribution in [3.05, 3.63) is 29.8 Å². The molecular formula is C26H38N4O7. The zero-order chi connectivity index (χ0) is 26.9. The molecule has 0 aromatic heterocycles. The number of nitrogens with zero attached hydrogens (tertiary/aromatic N) is 1. The van der Waals surface area contributed by atoms with Crippen LogP contribution in [0.2, 0.25) is 0 Å². The SMILES string of the molecule is CC(C)C[C@H](NC(=O)C1OC1C(=O)NCCN1CCOCC1)C(=O)C[C@@H](Cc1ccc(O)cc1)C(N)=O. The molecule has 2 aliphatic heterocycles. The Labute approximate surface area is 217 Å². The van der Waals surface area contributed by atoms with Crippen molar-refractivity contribution in [2.24, 2.45) is 17.6 Å². The highest BCUT2D eigenvalue weighted by molar-refractivity contribution is 5.98. The Bertz CT molecular complexity index is 947. The molecule has 3 rings (SSSR count). The van der Waals surface area contributed by atoms with Crippen LogP contribution in [0.4, 0.5) is 0 Å². The quantitative estimate of drug-likeness (QED) is 0.245. The number of aromatic hydroxyl groups is 1. The smallest absolute Gasteiger partial charge is 0.253 e. The van der Waals surface area contributed by atoms with Gasteiger partial charge in [-0.15, -0.1) is 0 Å². The summed E-state index contributed by atoms with van der Waals surface area (Å²) >= 11 is 0. The molecule has 11 nitrogen and oxygen atoms in total. The minimum absolute atomic E-state index is 0.0952. The molecule has 204 valence electrons. The van der Waals surface area contributed by atoms with Crippen molar-refractivity contribution in [2.75, 3.05) is 39.4 Å². The maximum Gasteiger partial charge on any atom is 0.253 e. The number of carbonyl (C=O) groups excluding carboxylic acids is 4. The van der Waals surface area contributed by atoms with E-state index in [0.29, 0.717) is 32.7 Å². The summed E-state index contributed by atoms with van der Waals surface area (Å²) in [7, 11) is 0. The largest absolute Gasteiger partial charge is 0.508 e. The highest BCUT2D eigenvalue weighted by atomic mass is 16.6. The van der Waals surface area contributed by atoms with Crippen molar-refractivity contribution in [3.8, 4) is 5.75 Å². The summed E-state index contributed by atoms with van der Waals surface area (Å²) in [5.74, 6) is -2.37. The number of benzene rings is 1. The molecule has 2 heterocycles.